The number of nitrogens with one attached hydrogen (secondary N) is 1. The number of anilines is 1. The van der Waals surface area contributed by atoms with Crippen LogP contribution < -0.4 is 5.32 Å². The van der Waals surface area contributed by atoms with Gasteiger partial charge in [0.05, 0.1) is 16.3 Å². The summed E-state index contributed by atoms with van der Waals surface area (Å²) >= 11 is 0. The van der Waals surface area contributed by atoms with Gasteiger partial charge in [0.25, 0.3) is 5.91 Å². The Morgan fingerprint density at radius 3 is 2.32 bits per heavy atom. The van der Waals surface area contributed by atoms with Crippen LogP contribution in [0.25, 0.3) is 0 Å². The molecule has 2 aromatic rings. The molecule has 3 rings (SSSR count). The van der Waals surface area contributed by atoms with Crippen LogP contribution in [-0.2, 0) is 10.0 Å². The number of nitrogens with zero attached hydrogens (tertiary/aromatic N) is 2. The van der Waals surface area contributed by atoms with E-state index in [-0.39, 0.29) is 10.8 Å². The van der Waals surface area contributed by atoms with Gasteiger partial charge in [0, 0.05) is 24.3 Å². The zero-order valence-electron chi connectivity index (χ0n) is 16.9. The van der Waals surface area contributed by atoms with Crippen molar-refractivity contribution in [2.24, 2.45) is 0 Å². The van der Waals surface area contributed by atoms with Gasteiger partial charge in [0.1, 0.15) is 0 Å². The second-order valence-corrected chi connectivity index (χ2v) is 9.35. The topological polar surface area (TPSA) is 79.4 Å². The lowest BCUT2D eigenvalue weighted by molar-refractivity contribution is 0.102. The molecular weight excluding hydrogens is 374 g/mol. The number of benzene rings is 1. The van der Waals surface area contributed by atoms with Gasteiger partial charge in [0.15, 0.2) is 0 Å². The molecule has 6 nitrogen and oxygen atoms in total. The van der Waals surface area contributed by atoms with Crippen molar-refractivity contribution in [1.82, 2.24) is 9.29 Å². The number of rotatable bonds is 4. The molecule has 1 aromatic heterocycles. The van der Waals surface area contributed by atoms with Gasteiger partial charge < -0.3 is 5.32 Å². The number of aryl methyl sites for hydroxylation is 4. The summed E-state index contributed by atoms with van der Waals surface area (Å²) in [6, 6.07) is 6.75. The first-order valence-corrected chi connectivity index (χ1v) is 11.0. The van der Waals surface area contributed by atoms with E-state index in [0.29, 0.717) is 29.9 Å². The van der Waals surface area contributed by atoms with Gasteiger partial charge in [-0.1, -0.05) is 12.5 Å². The number of aromatic nitrogens is 1. The molecular formula is C21H27N3O3S. The van der Waals surface area contributed by atoms with Crippen LogP contribution in [0.15, 0.2) is 29.2 Å². The third-order valence-corrected chi connectivity index (χ3v) is 7.19. The number of hydrogen-bond acceptors (Lipinski definition) is 4. The quantitative estimate of drug-likeness (QED) is 0.846. The summed E-state index contributed by atoms with van der Waals surface area (Å²) in [5.74, 6) is -0.341. The second-order valence-electron chi connectivity index (χ2n) is 7.44. The fourth-order valence-corrected chi connectivity index (χ4v) is 5.43. The molecule has 1 aromatic carbocycles. The minimum atomic E-state index is -3.60. The number of pyridine rings is 1. The molecule has 0 radical (unpaired) electrons. The van der Waals surface area contributed by atoms with Crippen molar-refractivity contribution >= 4 is 21.6 Å². The Hall–Kier alpha value is -2.25. The van der Waals surface area contributed by atoms with Crippen LogP contribution in [0.5, 0.6) is 0 Å². The Morgan fingerprint density at radius 2 is 1.68 bits per heavy atom. The smallest absolute Gasteiger partial charge is 0.255 e. The van der Waals surface area contributed by atoms with E-state index in [9.17, 15) is 13.2 Å². The number of carbonyl (C=O) groups is 1. The fraction of sp³-hybridized carbons (Fsp3) is 0.429. The highest BCUT2D eigenvalue weighted by atomic mass is 32.2. The first kappa shape index (κ1) is 20.5. The lowest BCUT2D eigenvalue weighted by Gasteiger charge is -2.26. The SMILES string of the molecule is Cc1cc(C)c(NC(=O)c2ccc(C)c(S(=O)(=O)N3CCCCC3)c2)c(C)n1. The summed E-state index contributed by atoms with van der Waals surface area (Å²) in [4.78, 5) is 17.4. The Bertz CT molecular complexity index is 987. The van der Waals surface area contributed by atoms with Crippen LogP contribution in [0.2, 0.25) is 0 Å². The molecule has 0 saturated carbocycles. The fourth-order valence-electron chi connectivity index (χ4n) is 3.66. The first-order chi connectivity index (χ1) is 13.2. The molecule has 0 atom stereocenters. The lowest BCUT2D eigenvalue weighted by Crippen LogP contribution is -2.36. The monoisotopic (exact) mass is 401 g/mol. The summed E-state index contributed by atoms with van der Waals surface area (Å²) in [7, 11) is -3.60. The molecule has 0 bridgehead atoms. The molecule has 28 heavy (non-hydrogen) atoms. The molecule has 1 fully saturated rings. The van der Waals surface area contributed by atoms with E-state index in [4.69, 9.17) is 0 Å². The molecule has 0 aliphatic carbocycles. The van der Waals surface area contributed by atoms with E-state index in [2.05, 4.69) is 10.3 Å². The average Bonchev–Trinajstić information content (AvgIpc) is 2.65. The van der Waals surface area contributed by atoms with E-state index < -0.39 is 10.0 Å². The predicted molar refractivity (Wildman–Crippen MR) is 110 cm³/mol. The molecule has 1 aliphatic heterocycles. The molecule has 2 heterocycles. The predicted octanol–water partition coefficient (Wildman–Crippen LogP) is 3.74. The highest BCUT2D eigenvalue weighted by Crippen LogP contribution is 2.25. The Balaban J connectivity index is 1.92. The van der Waals surface area contributed by atoms with Crippen molar-refractivity contribution in [3.05, 3.63) is 52.3 Å². The van der Waals surface area contributed by atoms with Crippen LogP contribution >= 0.6 is 0 Å². The normalized spacial score (nSPS) is 15.4. The van der Waals surface area contributed by atoms with Gasteiger partial charge in [0.2, 0.25) is 10.0 Å². The Kier molecular flexibility index (Phi) is 5.86. The summed E-state index contributed by atoms with van der Waals surface area (Å²) in [6.45, 7) is 8.49. The maximum absolute atomic E-state index is 13.1. The van der Waals surface area contributed by atoms with Crippen molar-refractivity contribution in [2.45, 2.75) is 51.9 Å². The molecule has 1 aliphatic rings. The summed E-state index contributed by atoms with van der Waals surface area (Å²) < 4.78 is 27.7. The van der Waals surface area contributed by atoms with Crippen molar-refractivity contribution in [2.75, 3.05) is 18.4 Å². The summed E-state index contributed by atoms with van der Waals surface area (Å²) in [6.07, 6.45) is 2.80. The van der Waals surface area contributed by atoms with E-state index in [1.54, 1.807) is 19.1 Å². The molecule has 1 saturated heterocycles. The average molecular weight is 402 g/mol. The van der Waals surface area contributed by atoms with Gasteiger partial charge in [-0.05, 0) is 69.9 Å². The maximum Gasteiger partial charge on any atom is 0.255 e. The Labute approximate surface area is 167 Å². The van der Waals surface area contributed by atoms with Crippen molar-refractivity contribution < 1.29 is 13.2 Å². The molecule has 0 unspecified atom stereocenters. The molecule has 0 spiro atoms. The van der Waals surface area contributed by atoms with Gasteiger partial charge >= 0.3 is 0 Å². The van der Waals surface area contributed by atoms with E-state index in [0.717, 1.165) is 36.2 Å². The molecule has 1 amide bonds. The zero-order valence-corrected chi connectivity index (χ0v) is 17.7. The van der Waals surface area contributed by atoms with Crippen molar-refractivity contribution in [1.29, 1.82) is 0 Å². The van der Waals surface area contributed by atoms with E-state index >= 15 is 0 Å². The second kappa shape index (κ2) is 8.01. The van der Waals surface area contributed by atoms with Crippen molar-refractivity contribution in [3.8, 4) is 0 Å². The summed E-state index contributed by atoms with van der Waals surface area (Å²) in [5, 5.41) is 2.89. The third kappa shape index (κ3) is 4.10. The summed E-state index contributed by atoms with van der Waals surface area (Å²) in [5.41, 5.74) is 4.17. The van der Waals surface area contributed by atoms with Crippen LogP contribution in [0.4, 0.5) is 5.69 Å². The third-order valence-electron chi connectivity index (χ3n) is 5.15. The van der Waals surface area contributed by atoms with Gasteiger partial charge in [-0.25, -0.2) is 8.42 Å². The number of sulfonamides is 1. The maximum atomic E-state index is 13.1. The van der Waals surface area contributed by atoms with E-state index in [1.165, 1.54) is 10.4 Å². The van der Waals surface area contributed by atoms with Crippen LogP contribution in [0.1, 0.15) is 52.1 Å². The molecule has 7 heteroatoms. The minimum Gasteiger partial charge on any atom is -0.320 e. The van der Waals surface area contributed by atoms with Crippen molar-refractivity contribution in [3.63, 3.8) is 0 Å². The largest absolute Gasteiger partial charge is 0.320 e. The first-order valence-electron chi connectivity index (χ1n) is 9.57. The number of piperidine rings is 1. The van der Waals surface area contributed by atoms with E-state index in [1.807, 2.05) is 26.8 Å². The van der Waals surface area contributed by atoms with Gasteiger partial charge in [-0.3, -0.25) is 9.78 Å². The minimum absolute atomic E-state index is 0.206. The van der Waals surface area contributed by atoms with Crippen LogP contribution in [0.3, 0.4) is 0 Å². The van der Waals surface area contributed by atoms with Crippen LogP contribution in [-0.4, -0.2) is 36.7 Å². The Morgan fingerprint density at radius 1 is 1.00 bits per heavy atom. The lowest BCUT2D eigenvalue weighted by atomic mass is 10.1. The molecule has 150 valence electrons. The standard InChI is InChI=1S/C21H27N3O3S/c1-14-8-9-18(13-19(14)28(26,27)24-10-6-5-7-11-24)21(25)23-20-15(2)12-16(3)22-17(20)4/h8-9,12-13H,5-7,10-11H2,1-4H3,(H,23,25). The highest BCUT2D eigenvalue weighted by molar-refractivity contribution is 7.89. The number of amides is 1. The van der Waals surface area contributed by atoms with Gasteiger partial charge in [-0.2, -0.15) is 4.31 Å². The number of carbonyl (C=O) groups excluding carboxylic acids is 1. The molecule has 1 N–H and O–H groups in total. The zero-order chi connectivity index (χ0) is 20.5. The highest BCUT2D eigenvalue weighted by Gasteiger charge is 2.28. The number of hydrogen-bond donors (Lipinski definition) is 1. The van der Waals surface area contributed by atoms with Gasteiger partial charge in [-0.15, -0.1) is 0 Å². The van der Waals surface area contributed by atoms with Crippen LogP contribution in [0, 0.1) is 27.7 Å².